The average molecular weight is 496 g/mol. The van der Waals surface area contributed by atoms with Crippen LogP contribution in [0, 0.1) is 13.8 Å². The van der Waals surface area contributed by atoms with Gasteiger partial charge >= 0.3 is 0 Å². The second-order valence-corrected chi connectivity index (χ2v) is 10.1. The number of thiophene rings is 1. The van der Waals surface area contributed by atoms with Crippen molar-refractivity contribution in [2.75, 3.05) is 11.9 Å². The summed E-state index contributed by atoms with van der Waals surface area (Å²) in [7, 11) is 3.33. The maximum absolute atomic E-state index is 13.6. The van der Waals surface area contributed by atoms with Gasteiger partial charge in [-0.1, -0.05) is 30.0 Å². The second kappa shape index (κ2) is 9.47. The van der Waals surface area contributed by atoms with E-state index >= 15 is 0 Å². The molecule has 1 aliphatic rings. The van der Waals surface area contributed by atoms with Gasteiger partial charge in [0.1, 0.15) is 11.4 Å². The van der Waals surface area contributed by atoms with Crippen LogP contribution < -0.4 is 15.8 Å². The highest BCUT2D eigenvalue weighted by Crippen LogP contribution is 2.32. The van der Waals surface area contributed by atoms with Gasteiger partial charge in [-0.15, -0.1) is 11.3 Å². The molecular weight excluding hydrogens is 470 g/mol. The monoisotopic (exact) mass is 495 g/mol. The Morgan fingerprint density at radius 2 is 1.88 bits per heavy atom. The van der Waals surface area contributed by atoms with Gasteiger partial charge in [-0.05, 0) is 56.0 Å². The highest BCUT2D eigenvalue weighted by atomic mass is 32.2. The Kier molecular flexibility index (Phi) is 6.63. The third-order valence-electron chi connectivity index (χ3n) is 5.64. The lowest BCUT2D eigenvalue weighted by Gasteiger charge is -2.18. The summed E-state index contributed by atoms with van der Waals surface area (Å²) in [5, 5.41) is 4.35. The fourth-order valence-corrected chi connectivity index (χ4v) is 5.48. The first-order valence-corrected chi connectivity index (χ1v) is 12.4. The lowest BCUT2D eigenvalue weighted by atomic mass is 10.2. The van der Waals surface area contributed by atoms with Gasteiger partial charge in [-0.2, -0.15) is 0 Å². The first kappa shape index (κ1) is 23.8. The van der Waals surface area contributed by atoms with Crippen LogP contribution in [0.1, 0.15) is 23.1 Å². The number of rotatable bonds is 5. The van der Waals surface area contributed by atoms with E-state index in [1.165, 1.54) is 20.9 Å². The summed E-state index contributed by atoms with van der Waals surface area (Å²) < 4.78 is 3.24. The van der Waals surface area contributed by atoms with Crippen molar-refractivity contribution >= 4 is 51.8 Å². The van der Waals surface area contributed by atoms with Crippen LogP contribution in [0.5, 0.6) is 0 Å². The molecule has 3 aromatic rings. The molecule has 4 rings (SSSR count). The molecule has 1 aliphatic heterocycles. The van der Waals surface area contributed by atoms with Crippen LogP contribution in [0.15, 0.2) is 57.3 Å². The number of nitrogens with one attached hydrogen (secondary N) is 1. The molecule has 176 valence electrons. The summed E-state index contributed by atoms with van der Waals surface area (Å²) in [6, 6.07) is 11.2. The number of amides is 2. The lowest BCUT2D eigenvalue weighted by Crippen LogP contribution is -2.37. The van der Waals surface area contributed by atoms with E-state index in [4.69, 9.17) is 0 Å². The number of benzene rings is 1. The summed E-state index contributed by atoms with van der Waals surface area (Å²) in [6.07, 6.45) is 1.74. The van der Waals surface area contributed by atoms with Crippen LogP contribution in [0.2, 0.25) is 0 Å². The van der Waals surface area contributed by atoms with E-state index in [0.717, 1.165) is 22.2 Å². The van der Waals surface area contributed by atoms with Crippen molar-refractivity contribution in [1.82, 2.24) is 14.7 Å². The van der Waals surface area contributed by atoms with E-state index in [9.17, 15) is 14.4 Å². The van der Waals surface area contributed by atoms with Gasteiger partial charge in [0.2, 0.25) is 5.91 Å². The van der Waals surface area contributed by atoms with Crippen LogP contribution in [0.4, 0.5) is 5.69 Å². The number of para-hydroxylation sites is 1. The minimum absolute atomic E-state index is 0.196. The van der Waals surface area contributed by atoms with E-state index < -0.39 is 11.2 Å². The molecular formula is C24H25N5O3S2. The smallest absolute Gasteiger partial charge is 0.296 e. The zero-order valence-electron chi connectivity index (χ0n) is 19.5. The van der Waals surface area contributed by atoms with Crippen molar-refractivity contribution in [3.63, 3.8) is 0 Å². The van der Waals surface area contributed by atoms with Crippen molar-refractivity contribution in [3.8, 4) is 5.69 Å². The Morgan fingerprint density at radius 1 is 1.18 bits per heavy atom. The first-order valence-electron chi connectivity index (χ1n) is 10.7. The topological polar surface area (TPSA) is 88.7 Å². The maximum Gasteiger partial charge on any atom is 0.296 e. The molecule has 0 saturated heterocycles. The van der Waals surface area contributed by atoms with E-state index in [1.54, 1.807) is 38.7 Å². The summed E-state index contributed by atoms with van der Waals surface area (Å²) >= 11 is 2.66. The second-order valence-electron chi connectivity index (χ2n) is 7.82. The average Bonchev–Trinajstić information content (AvgIpc) is 3.43. The van der Waals surface area contributed by atoms with Gasteiger partial charge in [0.15, 0.2) is 5.17 Å². The summed E-state index contributed by atoms with van der Waals surface area (Å²) in [4.78, 5) is 46.3. The number of aromatic nitrogens is 2. The molecule has 2 amide bonds. The Labute approximate surface area is 205 Å². The molecule has 3 heterocycles. The maximum atomic E-state index is 13.6. The highest BCUT2D eigenvalue weighted by molar-refractivity contribution is 8.15. The van der Waals surface area contributed by atoms with E-state index in [0.29, 0.717) is 16.5 Å². The minimum atomic E-state index is -0.512. The normalized spacial score (nSPS) is 15.7. The first-order chi connectivity index (χ1) is 16.2. The number of thioether (sulfide) groups is 1. The van der Waals surface area contributed by atoms with Gasteiger partial charge in [-0.3, -0.25) is 19.1 Å². The van der Waals surface area contributed by atoms with Crippen LogP contribution in [0.3, 0.4) is 0 Å². The van der Waals surface area contributed by atoms with Crippen molar-refractivity contribution in [2.24, 2.45) is 12.0 Å². The van der Waals surface area contributed by atoms with Crippen LogP contribution in [0.25, 0.3) is 11.8 Å². The Hall–Kier alpha value is -3.37. The molecule has 0 fully saturated rings. The predicted octanol–water partition coefficient (Wildman–Crippen LogP) is 3.47. The van der Waals surface area contributed by atoms with Crippen LogP contribution in [-0.2, 0) is 16.6 Å². The van der Waals surface area contributed by atoms with Crippen molar-refractivity contribution in [1.29, 1.82) is 0 Å². The Balaban J connectivity index is 1.85. The lowest BCUT2D eigenvalue weighted by molar-refractivity contribution is -0.119. The number of anilines is 1. The molecule has 8 nitrogen and oxygen atoms in total. The quantitative estimate of drug-likeness (QED) is 0.549. The number of hydrogen-bond donors (Lipinski definition) is 1. The number of carbonyl (C=O) groups is 2. The molecule has 0 saturated carbocycles. The predicted molar refractivity (Wildman–Crippen MR) is 139 cm³/mol. The summed E-state index contributed by atoms with van der Waals surface area (Å²) in [5.41, 5.74) is 2.44. The SMILES string of the molecule is CNC(=O)C(C)SC1=N/C(=C\c2sccc2C)C(=O)N1c1c(C)n(C)n(-c2ccccc2)c1=O. The van der Waals surface area contributed by atoms with Crippen LogP contribution >= 0.6 is 23.1 Å². The largest absolute Gasteiger partial charge is 0.358 e. The third kappa shape index (κ3) is 4.14. The number of aliphatic imine (C=N–C) groups is 1. The number of aryl methyl sites for hydroxylation is 1. The minimum Gasteiger partial charge on any atom is -0.358 e. The molecule has 0 radical (unpaired) electrons. The van der Waals surface area contributed by atoms with E-state index in [1.807, 2.05) is 48.7 Å². The fourth-order valence-electron chi connectivity index (χ4n) is 3.66. The number of amidine groups is 1. The zero-order valence-corrected chi connectivity index (χ0v) is 21.2. The molecule has 0 aliphatic carbocycles. The molecule has 10 heteroatoms. The zero-order chi connectivity index (χ0) is 24.6. The number of nitrogens with zero attached hydrogens (tertiary/aromatic N) is 4. The van der Waals surface area contributed by atoms with E-state index in [-0.39, 0.29) is 22.9 Å². The van der Waals surface area contributed by atoms with Crippen molar-refractivity contribution in [2.45, 2.75) is 26.0 Å². The molecule has 1 atom stereocenters. The van der Waals surface area contributed by atoms with Gasteiger partial charge in [-0.25, -0.2) is 14.6 Å². The van der Waals surface area contributed by atoms with Crippen molar-refractivity contribution < 1.29 is 9.59 Å². The van der Waals surface area contributed by atoms with Gasteiger partial charge in [0.05, 0.1) is 16.6 Å². The number of carbonyl (C=O) groups excluding carboxylic acids is 2. The summed E-state index contributed by atoms with van der Waals surface area (Å²) in [6.45, 7) is 5.49. The molecule has 0 bridgehead atoms. The standard InChI is InChI=1S/C24H25N5O3S2/c1-14-11-12-33-19(14)13-18-22(31)28(24(26-18)34-16(3)21(30)25-4)20-15(2)27(5)29(23(20)32)17-9-7-6-8-10-17/h6-13,16H,1-5H3,(H,25,30)/b18-13-. The van der Waals surface area contributed by atoms with Gasteiger partial charge in [0.25, 0.3) is 11.5 Å². The van der Waals surface area contributed by atoms with Gasteiger partial charge in [0, 0.05) is 19.0 Å². The Bertz CT molecular complexity index is 1380. The van der Waals surface area contributed by atoms with E-state index in [2.05, 4.69) is 10.3 Å². The van der Waals surface area contributed by atoms with Crippen LogP contribution in [-0.4, -0.2) is 38.6 Å². The van der Waals surface area contributed by atoms with Crippen molar-refractivity contribution in [3.05, 3.63) is 74.0 Å². The fraction of sp³-hybridized carbons (Fsp3) is 0.250. The molecule has 1 N–H and O–H groups in total. The molecule has 1 aromatic carbocycles. The van der Waals surface area contributed by atoms with Gasteiger partial charge < -0.3 is 5.32 Å². The Morgan fingerprint density at radius 3 is 2.50 bits per heavy atom. The summed E-state index contributed by atoms with van der Waals surface area (Å²) in [5.74, 6) is -0.594. The highest BCUT2D eigenvalue weighted by Gasteiger charge is 2.38. The molecule has 2 aromatic heterocycles. The third-order valence-corrected chi connectivity index (χ3v) is 7.66. The number of hydrogen-bond acceptors (Lipinski definition) is 6. The molecule has 1 unspecified atom stereocenters. The molecule has 34 heavy (non-hydrogen) atoms. The molecule has 0 spiro atoms.